The Bertz CT molecular complexity index is 885. The van der Waals surface area contributed by atoms with Crippen LogP contribution in [-0.4, -0.2) is 28.1 Å². The quantitative estimate of drug-likeness (QED) is 0.905. The highest BCUT2D eigenvalue weighted by molar-refractivity contribution is 6.01. The molecule has 0 aromatic heterocycles. The summed E-state index contributed by atoms with van der Waals surface area (Å²) >= 11 is 0. The van der Waals surface area contributed by atoms with Gasteiger partial charge in [-0.3, -0.25) is 4.79 Å². The molecule has 2 aromatic rings. The van der Waals surface area contributed by atoms with Gasteiger partial charge in [-0.15, -0.1) is 0 Å². The van der Waals surface area contributed by atoms with Crippen LogP contribution in [0.3, 0.4) is 0 Å². The van der Waals surface area contributed by atoms with Crippen molar-refractivity contribution in [2.45, 2.75) is 51.0 Å². The molecule has 0 radical (unpaired) electrons. The van der Waals surface area contributed by atoms with Gasteiger partial charge >= 0.3 is 0 Å². The number of nitrogens with zero attached hydrogens (tertiary/aromatic N) is 2. The predicted molar refractivity (Wildman–Crippen MR) is 100 cm³/mol. The van der Waals surface area contributed by atoms with Gasteiger partial charge in [0, 0.05) is 13.1 Å². The van der Waals surface area contributed by atoms with E-state index in [9.17, 15) is 9.90 Å². The summed E-state index contributed by atoms with van der Waals surface area (Å²) in [4.78, 5) is 14.8. The van der Waals surface area contributed by atoms with Crippen LogP contribution in [0, 0.1) is 11.3 Å². The molecule has 2 aromatic carbocycles. The second kappa shape index (κ2) is 7.42. The van der Waals surface area contributed by atoms with Crippen molar-refractivity contribution in [3.63, 3.8) is 0 Å². The van der Waals surface area contributed by atoms with E-state index in [-0.39, 0.29) is 12.0 Å². The number of amides is 1. The number of aliphatic hydroxyl groups excluding tert-OH is 1. The van der Waals surface area contributed by atoms with Crippen molar-refractivity contribution >= 4 is 5.91 Å². The van der Waals surface area contributed by atoms with Crippen molar-refractivity contribution in [1.29, 1.82) is 5.26 Å². The minimum atomic E-state index is -0.471. The van der Waals surface area contributed by atoms with E-state index in [1.54, 1.807) is 17.0 Å². The lowest BCUT2D eigenvalue weighted by Crippen LogP contribution is -2.35. The Hall–Kier alpha value is -2.84. The van der Waals surface area contributed by atoms with Gasteiger partial charge in [0.05, 0.1) is 23.3 Å². The molecule has 4 rings (SSSR count). The van der Waals surface area contributed by atoms with E-state index >= 15 is 0 Å². The predicted octanol–water partition coefficient (Wildman–Crippen LogP) is 3.40. The molecule has 0 unspecified atom stereocenters. The van der Waals surface area contributed by atoms with Crippen molar-refractivity contribution in [2.24, 2.45) is 0 Å². The number of rotatable bonds is 4. The lowest BCUT2D eigenvalue weighted by atomic mass is 9.94. The fourth-order valence-corrected chi connectivity index (χ4v) is 3.90. The van der Waals surface area contributed by atoms with Gasteiger partial charge in [0.25, 0.3) is 5.91 Å². The molecule has 1 aliphatic heterocycles. The van der Waals surface area contributed by atoms with Crippen LogP contribution in [0.25, 0.3) is 0 Å². The first kappa shape index (κ1) is 17.6. The van der Waals surface area contributed by atoms with Gasteiger partial charge in [-0.1, -0.05) is 30.7 Å². The van der Waals surface area contributed by atoms with E-state index in [1.165, 1.54) is 0 Å². The van der Waals surface area contributed by atoms with Crippen LogP contribution in [0.5, 0.6) is 5.75 Å². The third-order valence-electron chi connectivity index (χ3n) is 5.38. The zero-order chi connectivity index (χ0) is 18.8. The van der Waals surface area contributed by atoms with E-state index in [4.69, 9.17) is 10.00 Å². The van der Waals surface area contributed by atoms with E-state index in [0.29, 0.717) is 30.0 Å². The monoisotopic (exact) mass is 362 g/mol. The Morgan fingerprint density at radius 1 is 1.15 bits per heavy atom. The molecule has 0 spiro atoms. The number of hydrogen-bond acceptors (Lipinski definition) is 4. The molecule has 0 saturated heterocycles. The fourth-order valence-electron chi connectivity index (χ4n) is 3.90. The summed E-state index contributed by atoms with van der Waals surface area (Å²) in [5.41, 5.74) is 3.16. The molecule has 1 heterocycles. The highest BCUT2D eigenvalue weighted by atomic mass is 16.5. The average Bonchev–Trinajstić information content (AvgIpc) is 3.01. The molecule has 1 aliphatic carbocycles. The van der Waals surface area contributed by atoms with Crippen LogP contribution in [0.4, 0.5) is 0 Å². The molecule has 138 valence electrons. The van der Waals surface area contributed by atoms with Gasteiger partial charge in [-0.05, 0) is 48.6 Å². The van der Waals surface area contributed by atoms with Gasteiger partial charge in [0.15, 0.2) is 0 Å². The van der Waals surface area contributed by atoms with Gasteiger partial charge in [-0.25, -0.2) is 0 Å². The van der Waals surface area contributed by atoms with E-state index in [1.807, 2.05) is 30.3 Å². The molecule has 0 bridgehead atoms. The minimum Gasteiger partial charge on any atom is -0.487 e. The van der Waals surface area contributed by atoms with Crippen molar-refractivity contribution in [3.8, 4) is 11.8 Å². The van der Waals surface area contributed by atoms with E-state index < -0.39 is 6.10 Å². The number of benzene rings is 2. The fraction of sp³-hybridized carbons (Fsp3) is 0.364. The number of ether oxygens (including phenoxy) is 1. The highest BCUT2D eigenvalue weighted by Crippen LogP contribution is 2.34. The van der Waals surface area contributed by atoms with Crippen LogP contribution in [0.1, 0.15) is 52.7 Å². The van der Waals surface area contributed by atoms with Crippen molar-refractivity contribution < 1.29 is 14.6 Å². The molecular weight excluding hydrogens is 340 g/mol. The first-order valence-electron chi connectivity index (χ1n) is 9.40. The number of aliphatic hydroxyl groups is 1. The summed E-state index contributed by atoms with van der Waals surface area (Å²) in [5.74, 6) is 0.529. The minimum absolute atomic E-state index is 0.0461. The maximum atomic E-state index is 13.0. The summed E-state index contributed by atoms with van der Waals surface area (Å²) in [6.45, 7) is 1.03. The number of nitriles is 1. The second-order valence-corrected chi connectivity index (χ2v) is 7.27. The lowest BCUT2D eigenvalue weighted by Gasteiger charge is -2.28. The molecular formula is C22H22N2O3. The maximum Gasteiger partial charge on any atom is 0.258 e. The van der Waals surface area contributed by atoms with Gasteiger partial charge in [0.1, 0.15) is 11.9 Å². The first-order chi connectivity index (χ1) is 13.2. The summed E-state index contributed by atoms with van der Waals surface area (Å²) < 4.78 is 6.08. The van der Waals surface area contributed by atoms with Crippen LogP contribution < -0.4 is 4.74 Å². The molecule has 1 fully saturated rings. The molecule has 1 saturated carbocycles. The first-order valence-corrected chi connectivity index (χ1v) is 9.40. The second-order valence-electron chi connectivity index (χ2n) is 7.27. The molecule has 5 heteroatoms. The summed E-state index contributed by atoms with van der Waals surface area (Å²) in [6, 6.07) is 15.1. The normalized spacial score (nSPS) is 21.6. The zero-order valence-electron chi connectivity index (χ0n) is 15.1. The number of hydrogen-bond donors (Lipinski definition) is 1. The summed E-state index contributed by atoms with van der Waals surface area (Å²) in [6.07, 6.45) is 2.90. The number of carbonyl (C=O) groups excluding carboxylic acids is 1. The average molecular weight is 362 g/mol. The Morgan fingerprint density at radius 2 is 1.93 bits per heavy atom. The lowest BCUT2D eigenvalue weighted by molar-refractivity contribution is 0.00636. The molecule has 1 amide bonds. The van der Waals surface area contributed by atoms with Crippen molar-refractivity contribution in [3.05, 3.63) is 64.7 Å². The molecule has 1 N–H and O–H groups in total. The molecule has 5 nitrogen and oxygen atoms in total. The topological polar surface area (TPSA) is 73.6 Å². The maximum absolute atomic E-state index is 13.0. The van der Waals surface area contributed by atoms with Crippen molar-refractivity contribution in [2.75, 3.05) is 0 Å². The Kier molecular flexibility index (Phi) is 4.83. The molecule has 27 heavy (non-hydrogen) atoms. The van der Waals surface area contributed by atoms with Crippen LogP contribution in [0.2, 0.25) is 0 Å². The van der Waals surface area contributed by atoms with Crippen LogP contribution in [0.15, 0.2) is 42.5 Å². The van der Waals surface area contributed by atoms with Crippen molar-refractivity contribution in [1.82, 2.24) is 4.90 Å². The van der Waals surface area contributed by atoms with E-state index in [0.717, 1.165) is 36.8 Å². The number of fused-ring (bicyclic) bond motifs is 1. The van der Waals surface area contributed by atoms with Crippen LogP contribution >= 0.6 is 0 Å². The largest absolute Gasteiger partial charge is 0.487 e. The highest BCUT2D eigenvalue weighted by Gasteiger charge is 2.33. The van der Waals surface area contributed by atoms with Crippen LogP contribution in [-0.2, 0) is 13.1 Å². The summed E-state index contributed by atoms with van der Waals surface area (Å²) in [7, 11) is 0. The Morgan fingerprint density at radius 3 is 2.67 bits per heavy atom. The Labute approximate surface area is 158 Å². The van der Waals surface area contributed by atoms with Gasteiger partial charge < -0.3 is 14.7 Å². The summed E-state index contributed by atoms with van der Waals surface area (Å²) in [5, 5.41) is 19.1. The smallest absolute Gasteiger partial charge is 0.258 e. The van der Waals surface area contributed by atoms with Gasteiger partial charge in [0.2, 0.25) is 0 Å². The van der Waals surface area contributed by atoms with E-state index in [2.05, 4.69) is 6.07 Å². The number of carbonyl (C=O) groups is 1. The third-order valence-corrected chi connectivity index (χ3v) is 5.38. The molecule has 2 aliphatic rings. The SMILES string of the molecule is N#Cc1ccc(CN2Cc3cccc(O[C@@H]4CCCC[C@H]4O)c3C2=O)cc1. The molecule has 2 atom stereocenters. The standard InChI is InChI=1S/C22H22N2O3/c23-12-15-8-10-16(11-9-15)13-24-14-17-4-3-7-20(21(17)22(24)26)27-19-6-2-1-5-18(19)25/h3-4,7-11,18-19,25H,1-2,5-6,13-14H2/t18-,19-/m1/s1. The third kappa shape index (κ3) is 3.54. The van der Waals surface area contributed by atoms with Gasteiger partial charge in [-0.2, -0.15) is 5.26 Å². The zero-order valence-corrected chi connectivity index (χ0v) is 15.1. The Balaban J connectivity index is 1.52.